The minimum absolute atomic E-state index is 0.0119. The van der Waals surface area contributed by atoms with Crippen molar-refractivity contribution in [1.82, 2.24) is 0 Å². The van der Waals surface area contributed by atoms with Crippen LogP contribution in [0.15, 0.2) is 131 Å². The van der Waals surface area contributed by atoms with Gasteiger partial charge in [0.15, 0.2) is 11.6 Å². The highest BCUT2D eigenvalue weighted by Gasteiger charge is 2.19. The fourth-order valence-corrected chi connectivity index (χ4v) is 6.34. The number of carbonyl (C=O) groups excluding carboxylic acids is 9. The number of allylic oxidation sites excluding steroid dienone is 2. The standard InChI is InChI=1S/C16H19NO5.C15H17NO6.C12H14BrNO4.C6H6BrN.C4H6O.C3H5BrO2/c1-12(18)7-8-13-5-4-6-14(9-13)17(10-15(19)21-2)11-16(20)22-3;1-21-14(19)9-16(10-15(20)22-2)12-5-3-4-11(8-12)6-7-13(17)18;1-17-11(15)7-14(8-12(16)18-2)10-5-3-4-9(13)6-10;7-5-2-1-3-6(8)4-5;1-3-4(2)5;1-6-3(5)2-4/h4-9H,10-11H2,1-3H3;3-8H,9-10H2,1-2H3,(H,17,18);3-6H,7-8H2,1-2H3;1-4H,8H2;3H,1H2,2H3;2H2,1H3/b8-7+;7-6+;;;;. The number of carbonyl (C=O) groups is 10. The Balaban J connectivity index is 0. The highest BCUT2D eigenvalue weighted by molar-refractivity contribution is 9.10. The van der Waals surface area contributed by atoms with Crippen molar-refractivity contribution < 1.29 is 86.2 Å². The van der Waals surface area contributed by atoms with E-state index in [0.717, 1.165) is 32.0 Å². The molecular formula is C56H67Br3N4O18. The monoisotopic (exact) mass is 1320 g/mol. The number of nitrogens with two attached hydrogens (primary N) is 1. The molecule has 0 saturated carbocycles. The van der Waals surface area contributed by atoms with E-state index in [0.29, 0.717) is 16.9 Å². The molecule has 0 aliphatic carbocycles. The van der Waals surface area contributed by atoms with Crippen LogP contribution in [-0.4, -0.2) is 159 Å². The van der Waals surface area contributed by atoms with Gasteiger partial charge < -0.3 is 58.7 Å². The number of methoxy groups -OCH3 is 7. The number of hydrogen-bond donors (Lipinski definition) is 2. The van der Waals surface area contributed by atoms with Crippen LogP contribution >= 0.6 is 47.8 Å². The largest absolute Gasteiger partial charge is 0.478 e. The molecule has 0 aromatic heterocycles. The zero-order valence-corrected chi connectivity index (χ0v) is 51.0. The van der Waals surface area contributed by atoms with Gasteiger partial charge in [0.1, 0.15) is 44.6 Å². The van der Waals surface area contributed by atoms with E-state index >= 15 is 0 Å². The zero-order chi connectivity index (χ0) is 61.9. The van der Waals surface area contributed by atoms with Gasteiger partial charge in [0, 0.05) is 37.8 Å². The topological polar surface area (TPSA) is 291 Å². The van der Waals surface area contributed by atoms with Crippen molar-refractivity contribution in [1.29, 1.82) is 0 Å². The molecule has 0 fully saturated rings. The number of alkyl halides is 1. The van der Waals surface area contributed by atoms with Crippen LogP contribution in [0.1, 0.15) is 25.0 Å². The molecule has 25 heteroatoms. The second kappa shape index (κ2) is 44.7. The smallest absolute Gasteiger partial charge is 0.328 e. The maximum atomic E-state index is 11.5. The molecule has 4 aromatic rings. The molecule has 0 aliphatic rings. The van der Waals surface area contributed by atoms with Gasteiger partial charge in [-0.05, 0) is 104 Å². The zero-order valence-electron chi connectivity index (χ0n) is 46.2. The van der Waals surface area contributed by atoms with Gasteiger partial charge in [-0.1, -0.05) is 96.8 Å². The molecule has 0 aliphatic heterocycles. The first kappa shape index (κ1) is 74.9. The van der Waals surface area contributed by atoms with Gasteiger partial charge in [-0.25, -0.2) is 4.79 Å². The fourth-order valence-electron chi connectivity index (χ4n) is 5.30. The summed E-state index contributed by atoms with van der Waals surface area (Å²) >= 11 is 9.52. The minimum Gasteiger partial charge on any atom is -0.478 e. The van der Waals surface area contributed by atoms with E-state index in [9.17, 15) is 47.9 Å². The van der Waals surface area contributed by atoms with Gasteiger partial charge in [-0.2, -0.15) is 0 Å². The Hall–Kier alpha value is -8.16. The summed E-state index contributed by atoms with van der Waals surface area (Å²) in [6.45, 7) is 5.70. The number of benzene rings is 4. The first-order valence-electron chi connectivity index (χ1n) is 23.3. The van der Waals surface area contributed by atoms with E-state index < -0.39 is 41.8 Å². The summed E-state index contributed by atoms with van der Waals surface area (Å²) in [6, 6.07) is 28.7. The second-order valence-electron chi connectivity index (χ2n) is 15.4. The van der Waals surface area contributed by atoms with Crippen LogP contribution in [0.3, 0.4) is 0 Å². The summed E-state index contributed by atoms with van der Waals surface area (Å²) in [7, 11) is 9.04. The third-order valence-corrected chi connectivity index (χ3v) is 10.8. The van der Waals surface area contributed by atoms with Crippen molar-refractivity contribution in [2.45, 2.75) is 13.8 Å². The highest BCUT2D eigenvalue weighted by Crippen LogP contribution is 2.21. The SMILES string of the molecule is C=CC(C)=O.COC(=O)CBr.COC(=O)CN(CC(=O)OC)c1cccc(/C=C/C(=O)O)c1.COC(=O)CN(CC(=O)OC)c1cccc(/C=C/C(C)=O)c1.COC(=O)CN(CC(=O)OC)c1cccc(Br)c1.Nc1cccc(Br)c1. The molecule has 0 spiro atoms. The molecule has 0 atom stereocenters. The molecule has 0 saturated heterocycles. The average Bonchev–Trinajstić information content (AvgIpc) is 3.45. The average molecular weight is 1320 g/mol. The maximum Gasteiger partial charge on any atom is 0.328 e. The summed E-state index contributed by atoms with van der Waals surface area (Å²) < 4.78 is 33.8. The number of halogens is 3. The Bertz CT molecular complexity index is 2560. The van der Waals surface area contributed by atoms with Crippen LogP contribution in [-0.2, 0) is 81.1 Å². The number of ether oxygens (including phenoxy) is 7. The van der Waals surface area contributed by atoms with E-state index in [1.165, 1.54) is 86.7 Å². The molecule has 0 unspecified atom stereocenters. The number of carboxylic acid groups (broad SMARTS) is 1. The lowest BCUT2D eigenvalue weighted by molar-refractivity contribution is -0.141. The molecule has 0 amide bonds. The minimum atomic E-state index is -1.06. The number of nitrogen functional groups attached to an aromatic ring is 1. The van der Waals surface area contributed by atoms with E-state index in [2.05, 4.69) is 87.5 Å². The Morgan fingerprint density at radius 2 is 0.765 bits per heavy atom. The van der Waals surface area contributed by atoms with Gasteiger partial charge >= 0.3 is 47.8 Å². The predicted molar refractivity (Wildman–Crippen MR) is 317 cm³/mol. The van der Waals surface area contributed by atoms with Gasteiger partial charge in [0.25, 0.3) is 0 Å². The molecule has 440 valence electrons. The first-order chi connectivity index (χ1) is 38.3. The van der Waals surface area contributed by atoms with Crippen LogP contribution < -0.4 is 20.4 Å². The van der Waals surface area contributed by atoms with Crippen LogP contribution in [0.2, 0.25) is 0 Å². The van der Waals surface area contributed by atoms with E-state index in [1.807, 2.05) is 48.5 Å². The van der Waals surface area contributed by atoms with E-state index in [4.69, 9.17) is 10.8 Å². The summed E-state index contributed by atoms with van der Waals surface area (Å²) in [5.41, 5.74) is 9.59. The van der Waals surface area contributed by atoms with E-state index in [1.54, 1.807) is 64.4 Å². The van der Waals surface area contributed by atoms with Crippen molar-refractivity contribution in [3.05, 3.63) is 142 Å². The third kappa shape index (κ3) is 38.1. The number of ketones is 2. The van der Waals surface area contributed by atoms with Crippen molar-refractivity contribution in [2.24, 2.45) is 0 Å². The number of rotatable bonds is 21. The first-order valence-corrected chi connectivity index (χ1v) is 26.0. The molecule has 3 N–H and O–H groups in total. The lowest BCUT2D eigenvalue weighted by Gasteiger charge is -2.22. The number of esters is 7. The summed E-state index contributed by atoms with van der Waals surface area (Å²) in [6.07, 6.45) is 6.81. The molecule has 4 rings (SSSR count). The summed E-state index contributed by atoms with van der Waals surface area (Å²) in [5.74, 6) is -4.12. The Kier molecular flexibility index (Phi) is 41.3. The molecule has 0 radical (unpaired) electrons. The fraction of sp³-hybridized carbons (Fsp3) is 0.286. The third-order valence-electron chi connectivity index (χ3n) is 9.33. The predicted octanol–water partition coefficient (Wildman–Crippen LogP) is 7.33. The lowest BCUT2D eigenvalue weighted by atomic mass is 10.1. The maximum absolute atomic E-state index is 11.5. The van der Waals surface area contributed by atoms with Crippen LogP contribution in [0.25, 0.3) is 12.2 Å². The quantitative estimate of drug-likeness (QED) is 0.0271. The highest BCUT2D eigenvalue weighted by atomic mass is 79.9. The van der Waals surface area contributed by atoms with Crippen molar-refractivity contribution in [3.8, 4) is 0 Å². The number of anilines is 4. The van der Waals surface area contributed by atoms with E-state index in [-0.39, 0.29) is 62.1 Å². The lowest BCUT2D eigenvalue weighted by Crippen LogP contribution is -2.35. The van der Waals surface area contributed by atoms with Crippen molar-refractivity contribution >= 4 is 142 Å². The molecule has 4 aromatic carbocycles. The molecular weight excluding hydrogens is 1260 g/mol. The number of carboxylic acids is 1. The molecule has 0 heterocycles. The van der Waals surface area contributed by atoms with Gasteiger partial charge in [0.05, 0.1) is 49.8 Å². The van der Waals surface area contributed by atoms with Crippen LogP contribution in [0.5, 0.6) is 0 Å². The Morgan fingerprint density at radius 1 is 0.469 bits per heavy atom. The van der Waals surface area contributed by atoms with Gasteiger partial charge in [0.2, 0.25) is 0 Å². The van der Waals surface area contributed by atoms with Crippen molar-refractivity contribution in [3.63, 3.8) is 0 Å². The Morgan fingerprint density at radius 3 is 1.00 bits per heavy atom. The van der Waals surface area contributed by atoms with Gasteiger partial charge in [-0.15, -0.1) is 0 Å². The Labute approximate surface area is 496 Å². The van der Waals surface area contributed by atoms with Gasteiger partial charge in [-0.3, -0.25) is 43.2 Å². The normalized spacial score (nSPS) is 9.63. The molecule has 0 bridgehead atoms. The van der Waals surface area contributed by atoms with Crippen molar-refractivity contribution in [2.75, 3.05) is 115 Å². The summed E-state index contributed by atoms with van der Waals surface area (Å²) in [4.78, 5) is 114. The van der Waals surface area contributed by atoms with Crippen LogP contribution in [0.4, 0.5) is 22.7 Å². The molecule has 22 nitrogen and oxygen atoms in total. The second-order valence-corrected chi connectivity index (χ2v) is 17.8. The number of aliphatic carboxylic acids is 1. The number of hydrogen-bond acceptors (Lipinski definition) is 21. The summed E-state index contributed by atoms with van der Waals surface area (Å²) in [5, 5.41) is 8.92. The van der Waals surface area contributed by atoms with Crippen LogP contribution in [0, 0.1) is 0 Å². The molecule has 81 heavy (non-hydrogen) atoms. The number of nitrogens with zero attached hydrogens (tertiary/aromatic N) is 3.